The summed E-state index contributed by atoms with van der Waals surface area (Å²) in [5.74, 6) is 0.0288. The molecular weight excluding hydrogens is 408 g/mol. The van der Waals surface area contributed by atoms with Crippen LogP contribution in [0.1, 0.15) is 29.0 Å². The van der Waals surface area contributed by atoms with Crippen LogP contribution in [0.15, 0.2) is 78.9 Å². The van der Waals surface area contributed by atoms with Gasteiger partial charge in [0, 0.05) is 55.6 Å². The lowest BCUT2D eigenvalue weighted by molar-refractivity contribution is -0.133. The van der Waals surface area contributed by atoms with E-state index in [4.69, 9.17) is 11.6 Å². The van der Waals surface area contributed by atoms with Crippen molar-refractivity contribution < 1.29 is 9.90 Å². The Bertz CT molecular complexity index is 1000. The van der Waals surface area contributed by atoms with Gasteiger partial charge in [-0.2, -0.15) is 0 Å². The molecule has 1 N–H and O–H groups in total. The molecule has 0 unspecified atom stereocenters. The van der Waals surface area contributed by atoms with Crippen LogP contribution in [-0.4, -0.2) is 47.0 Å². The van der Waals surface area contributed by atoms with E-state index in [1.165, 1.54) is 5.56 Å². The summed E-state index contributed by atoms with van der Waals surface area (Å²) in [7, 11) is 0. The Balaban J connectivity index is 1.44. The third-order valence-electron chi connectivity index (χ3n) is 5.92. The van der Waals surface area contributed by atoms with Crippen molar-refractivity contribution in [2.45, 2.75) is 18.9 Å². The molecule has 4 nitrogen and oxygen atoms in total. The van der Waals surface area contributed by atoms with E-state index in [9.17, 15) is 9.90 Å². The van der Waals surface area contributed by atoms with Crippen LogP contribution in [0.2, 0.25) is 5.02 Å². The third kappa shape index (κ3) is 5.46. The first-order valence-electron chi connectivity index (χ1n) is 10.7. The van der Waals surface area contributed by atoms with Crippen molar-refractivity contribution in [2.24, 2.45) is 0 Å². The molecule has 1 saturated heterocycles. The van der Waals surface area contributed by atoms with Crippen molar-refractivity contribution in [3.63, 3.8) is 0 Å². The van der Waals surface area contributed by atoms with E-state index in [0.29, 0.717) is 30.1 Å². The maximum absolute atomic E-state index is 13.2. The molecule has 5 heteroatoms. The topological polar surface area (TPSA) is 43.8 Å². The van der Waals surface area contributed by atoms with E-state index in [0.717, 1.165) is 25.2 Å². The van der Waals surface area contributed by atoms with Crippen LogP contribution in [0, 0.1) is 0 Å². The van der Waals surface area contributed by atoms with Crippen molar-refractivity contribution in [3.8, 4) is 5.75 Å². The van der Waals surface area contributed by atoms with Gasteiger partial charge in [0.1, 0.15) is 5.75 Å². The lowest BCUT2D eigenvalue weighted by Gasteiger charge is -2.35. The van der Waals surface area contributed by atoms with Gasteiger partial charge < -0.3 is 10.0 Å². The van der Waals surface area contributed by atoms with E-state index < -0.39 is 0 Å². The van der Waals surface area contributed by atoms with E-state index in [1.807, 2.05) is 41.3 Å². The summed E-state index contributed by atoms with van der Waals surface area (Å²) in [5, 5.41) is 11.0. The van der Waals surface area contributed by atoms with Gasteiger partial charge in [-0.1, -0.05) is 72.3 Å². The number of nitrogens with zero attached hydrogens (tertiary/aromatic N) is 2. The maximum Gasteiger partial charge on any atom is 0.223 e. The van der Waals surface area contributed by atoms with Crippen LogP contribution in [0.4, 0.5) is 0 Å². The van der Waals surface area contributed by atoms with Gasteiger partial charge in [-0.25, -0.2) is 0 Å². The van der Waals surface area contributed by atoms with Gasteiger partial charge in [-0.15, -0.1) is 0 Å². The summed E-state index contributed by atoms with van der Waals surface area (Å²) in [6.45, 7) is 4.06. The largest absolute Gasteiger partial charge is 0.508 e. The molecule has 4 rings (SSSR count). The monoisotopic (exact) mass is 434 g/mol. The maximum atomic E-state index is 13.2. The molecule has 1 aliphatic rings. The number of benzene rings is 3. The number of carbonyl (C=O) groups excluding carboxylic acids is 1. The van der Waals surface area contributed by atoms with E-state index in [2.05, 4.69) is 29.2 Å². The minimum atomic E-state index is -0.241. The van der Waals surface area contributed by atoms with Crippen molar-refractivity contribution in [2.75, 3.05) is 26.2 Å². The fourth-order valence-corrected chi connectivity index (χ4v) is 4.38. The van der Waals surface area contributed by atoms with Gasteiger partial charge in [0.2, 0.25) is 5.91 Å². The highest BCUT2D eigenvalue weighted by molar-refractivity contribution is 6.30. The van der Waals surface area contributed by atoms with Crippen molar-refractivity contribution in [3.05, 3.63) is 101 Å². The van der Waals surface area contributed by atoms with Gasteiger partial charge in [0.25, 0.3) is 0 Å². The molecule has 0 saturated carbocycles. The molecule has 1 heterocycles. The Labute approximate surface area is 188 Å². The Morgan fingerprint density at radius 2 is 1.55 bits per heavy atom. The second-order valence-corrected chi connectivity index (χ2v) is 8.45. The van der Waals surface area contributed by atoms with Crippen LogP contribution in [0.5, 0.6) is 5.75 Å². The molecule has 0 aliphatic carbocycles. The van der Waals surface area contributed by atoms with Crippen molar-refractivity contribution in [1.82, 2.24) is 9.80 Å². The summed E-state index contributed by atoms with van der Waals surface area (Å²) in [4.78, 5) is 17.5. The van der Waals surface area contributed by atoms with E-state index in [-0.39, 0.29) is 17.6 Å². The highest BCUT2D eigenvalue weighted by Gasteiger charge is 2.26. The number of halogens is 1. The second kappa shape index (κ2) is 9.99. The van der Waals surface area contributed by atoms with Gasteiger partial charge in [-0.05, 0) is 29.3 Å². The number of carbonyl (C=O) groups is 1. The molecule has 3 aromatic rings. The molecule has 1 atom stereocenters. The number of piperazine rings is 1. The molecule has 0 aromatic heterocycles. The van der Waals surface area contributed by atoms with Gasteiger partial charge in [-0.3, -0.25) is 9.69 Å². The minimum absolute atomic E-state index is 0.104. The Kier molecular flexibility index (Phi) is 6.90. The molecule has 0 radical (unpaired) electrons. The Hall–Kier alpha value is -2.82. The number of aromatic hydroxyl groups is 1. The second-order valence-electron chi connectivity index (χ2n) is 8.01. The van der Waals surface area contributed by atoms with Gasteiger partial charge in [0.05, 0.1) is 0 Å². The summed E-state index contributed by atoms with van der Waals surface area (Å²) in [6.07, 6.45) is 0.302. The first kappa shape index (κ1) is 21.4. The lowest BCUT2D eigenvalue weighted by Crippen LogP contribution is -2.48. The third-order valence-corrected chi connectivity index (χ3v) is 6.15. The van der Waals surface area contributed by atoms with Crippen LogP contribution < -0.4 is 0 Å². The number of phenols is 1. The Morgan fingerprint density at radius 1 is 0.903 bits per heavy atom. The number of phenolic OH excluding ortho intramolecular Hbond substituents is 1. The SMILES string of the molecule is O=C(C[C@H](c1ccccc1)c1cc(Cl)ccc1O)N1CCN(Cc2ccccc2)CC1. The lowest BCUT2D eigenvalue weighted by atomic mass is 9.87. The van der Waals surface area contributed by atoms with Crippen molar-refractivity contribution >= 4 is 17.5 Å². The summed E-state index contributed by atoms with van der Waals surface area (Å²) in [5.41, 5.74) is 2.98. The van der Waals surface area contributed by atoms with E-state index >= 15 is 0 Å². The Morgan fingerprint density at radius 3 is 2.23 bits per heavy atom. The highest BCUT2D eigenvalue weighted by Crippen LogP contribution is 2.36. The average Bonchev–Trinajstić information content (AvgIpc) is 2.81. The number of rotatable bonds is 6. The van der Waals surface area contributed by atoms with Crippen molar-refractivity contribution in [1.29, 1.82) is 0 Å². The fourth-order valence-electron chi connectivity index (χ4n) is 4.20. The van der Waals surface area contributed by atoms with Crippen LogP contribution in [0.3, 0.4) is 0 Å². The predicted molar refractivity (Wildman–Crippen MR) is 124 cm³/mol. The van der Waals surface area contributed by atoms with Gasteiger partial charge in [0.15, 0.2) is 0 Å². The van der Waals surface area contributed by atoms with Crippen LogP contribution in [0.25, 0.3) is 0 Å². The molecule has 160 valence electrons. The molecule has 0 bridgehead atoms. The molecule has 1 amide bonds. The molecule has 1 fully saturated rings. The number of amides is 1. The zero-order valence-corrected chi connectivity index (χ0v) is 18.2. The number of hydrogen-bond acceptors (Lipinski definition) is 3. The van der Waals surface area contributed by atoms with Crippen LogP contribution >= 0.6 is 11.6 Å². The molecule has 31 heavy (non-hydrogen) atoms. The fraction of sp³-hybridized carbons (Fsp3) is 0.269. The minimum Gasteiger partial charge on any atom is -0.508 e. The van der Waals surface area contributed by atoms with E-state index in [1.54, 1.807) is 18.2 Å². The average molecular weight is 435 g/mol. The normalized spacial score (nSPS) is 15.6. The zero-order chi connectivity index (χ0) is 21.6. The standard InChI is InChI=1S/C26H27ClN2O2/c27-22-11-12-25(30)24(17-22)23(21-9-5-2-6-10-21)18-26(31)29-15-13-28(14-16-29)19-20-7-3-1-4-8-20/h1-12,17,23,30H,13-16,18-19H2/t23-/m1/s1. The summed E-state index contributed by atoms with van der Waals surface area (Å²) >= 11 is 6.20. The summed E-state index contributed by atoms with van der Waals surface area (Å²) < 4.78 is 0. The summed E-state index contributed by atoms with van der Waals surface area (Å²) in [6, 6.07) is 25.3. The smallest absolute Gasteiger partial charge is 0.223 e. The van der Waals surface area contributed by atoms with Crippen LogP contribution in [-0.2, 0) is 11.3 Å². The molecule has 3 aromatic carbocycles. The highest BCUT2D eigenvalue weighted by atomic mass is 35.5. The molecular formula is C26H27ClN2O2. The first-order valence-corrected chi connectivity index (χ1v) is 11.1. The zero-order valence-electron chi connectivity index (χ0n) is 17.5. The van der Waals surface area contributed by atoms with Gasteiger partial charge >= 0.3 is 0 Å². The quantitative estimate of drug-likeness (QED) is 0.599. The number of hydrogen-bond donors (Lipinski definition) is 1. The molecule has 0 spiro atoms. The molecule has 1 aliphatic heterocycles. The first-order chi connectivity index (χ1) is 15.1. The predicted octanol–water partition coefficient (Wildman–Crippen LogP) is 4.91.